The van der Waals surface area contributed by atoms with Crippen molar-refractivity contribution in [1.82, 2.24) is 10.1 Å². The molecule has 144 valence electrons. The van der Waals surface area contributed by atoms with Gasteiger partial charge in [0.05, 0.1) is 11.5 Å². The average Bonchev–Trinajstić information content (AvgIpc) is 3.29. The minimum Gasteiger partial charge on any atom is -0.339 e. The first-order valence-electron chi connectivity index (χ1n) is 8.69. The summed E-state index contributed by atoms with van der Waals surface area (Å²) in [6.45, 7) is 2.39. The molecule has 1 aliphatic heterocycles. The van der Waals surface area contributed by atoms with Gasteiger partial charge in [0.15, 0.2) is 0 Å². The zero-order valence-corrected chi connectivity index (χ0v) is 14.9. The van der Waals surface area contributed by atoms with Crippen LogP contribution in [0.2, 0.25) is 0 Å². The van der Waals surface area contributed by atoms with E-state index in [0.29, 0.717) is 18.0 Å². The van der Waals surface area contributed by atoms with E-state index in [1.165, 1.54) is 12.1 Å². The molecule has 4 rings (SSSR count). The smallest absolute Gasteiger partial charge is 0.339 e. The van der Waals surface area contributed by atoms with Crippen LogP contribution in [0.3, 0.4) is 0 Å². The molecule has 0 N–H and O–H groups in total. The fraction of sp³-hybridized carbons (Fsp3) is 0.250. The molecule has 28 heavy (non-hydrogen) atoms. The monoisotopic (exact) mass is 387 g/mol. The number of aromatic nitrogens is 2. The van der Waals surface area contributed by atoms with E-state index in [4.69, 9.17) is 4.52 Å². The van der Waals surface area contributed by atoms with Crippen molar-refractivity contribution in [3.8, 4) is 11.4 Å². The van der Waals surface area contributed by atoms with Crippen LogP contribution in [-0.4, -0.2) is 22.6 Å². The van der Waals surface area contributed by atoms with Crippen molar-refractivity contribution < 1.29 is 22.5 Å². The lowest BCUT2D eigenvalue weighted by molar-refractivity contribution is -0.137. The summed E-state index contributed by atoms with van der Waals surface area (Å²) < 4.78 is 43.3. The van der Waals surface area contributed by atoms with E-state index in [2.05, 4.69) is 10.1 Å². The standard InChI is InChI=1S/C20H16F3N3O2/c1-12-2-8-16(9-3-12)26-11-14(10-17(26)27)19-24-18(25-28-19)13-4-6-15(7-5-13)20(21,22)23/h2-9,14H,10-11H2,1H3/t14-/m1/s1. The predicted molar refractivity (Wildman–Crippen MR) is 95.6 cm³/mol. The summed E-state index contributed by atoms with van der Waals surface area (Å²) in [6, 6.07) is 12.2. The Kier molecular flexibility index (Phi) is 4.41. The Bertz CT molecular complexity index is 995. The first-order valence-corrected chi connectivity index (χ1v) is 8.69. The quantitative estimate of drug-likeness (QED) is 0.660. The molecule has 3 aromatic rings. The van der Waals surface area contributed by atoms with Gasteiger partial charge in [0, 0.05) is 24.2 Å². The van der Waals surface area contributed by atoms with Crippen molar-refractivity contribution >= 4 is 11.6 Å². The molecule has 2 aromatic carbocycles. The summed E-state index contributed by atoms with van der Waals surface area (Å²) in [5, 5.41) is 3.86. The van der Waals surface area contributed by atoms with E-state index in [9.17, 15) is 18.0 Å². The number of alkyl halides is 3. The number of nitrogens with zero attached hydrogens (tertiary/aromatic N) is 3. The second kappa shape index (κ2) is 6.78. The van der Waals surface area contributed by atoms with Gasteiger partial charge in [0.2, 0.25) is 17.6 Å². The summed E-state index contributed by atoms with van der Waals surface area (Å²) in [5.74, 6) is 0.204. The highest BCUT2D eigenvalue weighted by molar-refractivity contribution is 5.96. The summed E-state index contributed by atoms with van der Waals surface area (Å²) in [4.78, 5) is 18.3. The van der Waals surface area contributed by atoms with E-state index in [0.717, 1.165) is 23.4 Å². The summed E-state index contributed by atoms with van der Waals surface area (Å²) in [6.07, 6.45) is -4.16. The van der Waals surface area contributed by atoms with E-state index < -0.39 is 11.7 Å². The maximum absolute atomic E-state index is 12.7. The van der Waals surface area contributed by atoms with Crippen molar-refractivity contribution in [3.63, 3.8) is 0 Å². The van der Waals surface area contributed by atoms with Crippen LogP contribution >= 0.6 is 0 Å². The summed E-state index contributed by atoms with van der Waals surface area (Å²) in [7, 11) is 0. The molecule has 1 fully saturated rings. The van der Waals surface area contributed by atoms with Crippen LogP contribution in [0.1, 0.15) is 29.4 Å². The van der Waals surface area contributed by atoms with Gasteiger partial charge in [-0.1, -0.05) is 35.0 Å². The van der Waals surface area contributed by atoms with E-state index in [-0.39, 0.29) is 24.1 Å². The number of anilines is 1. The van der Waals surface area contributed by atoms with Gasteiger partial charge in [-0.05, 0) is 31.2 Å². The molecular weight excluding hydrogens is 371 g/mol. The highest BCUT2D eigenvalue weighted by Gasteiger charge is 2.35. The molecule has 0 unspecified atom stereocenters. The lowest BCUT2D eigenvalue weighted by Crippen LogP contribution is -2.24. The molecule has 0 spiro atoms. The molecule has 5 nitrogen and oxygen atoms in total. The third-order valence-electron chi connectivity index (χ3n) is 4.73. The minimum atomic E-state index is -4.40. The first-order chi connectivity index (χ1) is 13.3. The highest BCUT2D eigenvalue weighted by atomic mass is 19.4. The Labute approximate surface area is 158 Å². The number of hydrogen-bond donors (Lipinski definition) is 0. The maximum atomic E-state index is 12.7. The zero-order chi connectivity index (χ0) is 19.9. The van der Waals surface area contributed by atoms with Gasteiger partial charge in [-0.2, -0.15) is 18.2 Å². The number of halogens is 3. The van der Waals surface area contributed by atoms with E-state index >= 15 is 0 Å². The van der Waals surface area contributed by atoms with Crippen LogP contribution < -0.4 is 4.90 Å². The largest absolute Gasteiger partial charge is 0.416 e. The van der Waals surface area contributed by atoms with Gasteiger partial charge in [-0.25, -0.2) is 0 Å². The molecule has 0 saturated carbocycles. The third kappa shape index (κ3) is 3.49. The lowest BCUT2D eigenvalue weighted by Gasteiger charge is -2.16. The van der Waals surface area contributed by atoms with Crippen molar-refractivity contribution in [1.29, 1.82) is 0 Å². The van der Waals surface area contributed by atoms with Crippen LogP contribution in [0.5, 0.6) is 0 Å². The molecule has 1 saturated heterocycles. The van der Waals surface area contributed by atoms with Crippen LogP contribution in [0.15, 0.2) is 53.1 Å². The molecule has 2 heterocycles. The van der Waals surface area contributed by atoms with Crippen molar-refractivity contribution in [3.05, 3.63) is 65.5 Å². The third-order valence-corrected chi connectivity index (χ3v) is 4.73. The van der Waals surface area contributed by atoms with Gasteiger partial charge < -0.3 is 9.42 Å². The Hall–Kier alpha value is -3.16. The van der Waals surface area contributed by atoms with Crippen LogP contribution in [0.4, 0.5) is 18.9 Å². The number of aryl methyl sites for hydroxylation is 1. The van der Waals surface area contributed by atoms with E-state index in [1.807, 2.05) is 31.2 Å². The Morgan fingerprint density at radius 3 is 2.39 bits per heavy atom. The maximum Gasteiger partial charge on any atom is 0.416 e. The number of rotatable bonds is 3. The Balaban J connectivity index is 1.52. The normalized spacial score (nSPS) is 17.4. The zero-order valence-electron chi connectivity index (χ0n) is 14.9. The topological polar surface area (TPSA) is 59.2 Å². The molecular formula is C20H16F3N3O2. The fourth-order valence-corrected chi connectivity index (χ4v) is 3.17. The SMILES string of the molecule is Cc1ccc(N2C[C@H](c3nc(-c4ccc(C(F)(F)F)cc4)no3)CC2=O)cc1. The lowest BCUT2D eigenvalue weighted by atomic mass is 10.1. The van der Waals surface area contributed by atoms with Gasteiger partial charge in [0.1, 0.15) is 0 Å². The Morgan fingerprint density at radius 1 is 1.07 bits per heavy atom. The molecule has 0 bridgehead atoms. The number of carbonyl (C=O) groups is 1. The van der Waals surface area contributed by atoms with E-state index in [1.54, 1.807) is 4.90 Å². The fourth-order valence-electron chi connectivity index (χ4n) is 3.17. The first kappa shape index (κ1) is 18.2. The molecule has 1 aromatic heterocycles. The molecule has 0 radical (unpaired) electrons. The molecule has 1 amide bonds. The van der Waals surface area contributed by atoms with Gasteiger partial charge in [-0.3, -0.25) is 4.79 Å². The van der Waals surface area contributed by atoms with Crippen LogP contribution in [0.25, 0.3) is 11.4 Å². The minimum absolute atomic E-state index is 0.0388. The molecule has 1 atom stereocenters. The molecule has 1 aliphatic rings. The second-order valence-electron chi connectivity index (χ2n) is 6.77. The number of benzene rings is 2. The Morgan fingerprint density at radius 2 is 1.75 bits per heavy atom. The summed E-state index contributed by atoms with van der Waals surface area (Å²) in [5.41, 5.74) is 1.59. The highest BCUT2D eigenvalue weighted by Crippen LogP contribution is 2.33. The number of hydrogen-bond acceptors (Lipinski definition) is 4. The van der Waals surface area contributed by atoms with Crippen LogP contribution in [0, 0.1) is 6.92 Å². The van der Waals surface area contributed by atoms with Crippen molar-refractivity contribution in [2.45, 2.75) is 25.4 Å². The van der Waals surface area contributed by atoms with Gasteiger partial charge >= 0.3 is 6.18 Å². The molecule has 8 heteroatoms. The van der Waals surface area contributed by atoms with Gasteiger partial charge in [0.25, 0.3) is 0 Å². The second-order valence-corrected chi connectivity index (χ2v) is 6.77. The van der Waals surface area contributed by atoms with Crippen LogP contribution in [-0.2, 0) is 11.0 Å². The number of amides is 1. The predicted octanol–water partition coefficient (Wildman–Crippen LogP) is 4.58. The average molecular weight is 387 g/mol. The summed E-state index contributed by atoms with van der Waals surface area (Å²) >= 11 is 0. The van der Waals surface area contributed by atoms with Gasteiger partial charge in [-0.15, -0.1) is 0 Å². The van der Waals surface area contributed by atoms with Crippen molar-refractivity contribution in [2.75, 3.05) is 11.4 Å². The number of carbonyl (C=O) groups excluding carboxylic acids is 1. The molecule has 0 aliphatic carbocycles. The van der Waals surface area contributed by atoms with Crippen molar-refractivity contribution in [2.24, 2.45) is 0 Å².